The summed E-state index contributed by atoms with van der Waals surface area (Å²) in [4.78, 5) is 40.4. The number of nitrogens with one attached hydrogen (secondary N) is 1. The first-order valence-electron chi connectivity index (χ1n) is 14.1. The Bertz CT molecular complexity index is 1320. The van der Waals surface area contributed by atoms with Crippen molar-refractivity contribution >= 4 is 18.0 Å². The van der Waals surface area contributed by atoms with Crippen LogP contribution < -0.4 is 5.32 Å². The van der Waals surface area contributed by atoms with E-state index < -0.39 is 23.6 Å². The van der Waals surface area contributed by atoms with Crippen LogP contribution in [0.1, 0.15) is 56.7 Å². The Labute approximate surface area is 242 Å². The zero-order valence-corrected chi connectivity index (χ0v) is 24.6. The third-order valence-corrected chi connectivity index (χ3v) is 7.40. The van der Waals surface area contributed by atoms with E-state index >= 15 is 0 Å². The molecule has 1 aliphatic carbocycles. The number of carbonyl (C=O) groups excluding carboxylic acids is 3. The summed E-state index contributed by atoms with van der Waals surface area (Å²) in [6.07, 6.45) is -0.147. The summed E-state index contributed by atoms with van der Waals surface area (Å²) in [5.41, 5.74) is 4.96. The van der Waals surface area contributed by atoms with Crippen LogP contribution >= 0.6 is 0 Å². The number of likely N-dealkylation sites (N-methyl/N-ethyl adjacent to an activating group) is 1. The second-order valence-corrected chi connectivity index (χ2v) is 11.7. The molecule has 7 heteroatoms. The van der Waals surface area contributed by atoms with E-state index in [2.05, 4.69) is 29.6 Å². The standard InChI is InChI=1S/C34H40N2O5/c1-23(36(5)32(38)25(19-24-13-7-6-8-14-24)20-31(37)41-34(2,3)4)21-35-33(39)40-22-30-28-17-11-9-15-26(28)27-16-10-12-18-29(27)30/h6-18,23,25,30H,19-22H2,1-5H3,(H,35,39)/t23-,25+/m0/s1. The van der Waals surface area contributed by atoms with Crippen LogP contribution in [0.3, 0.4) is 0 Å². The van der Waals surface area contributed by atoms with E-state index in [1.165, 1.54) is 11.1 Å². The second-order valence-electron chi connectivity index (χ2n) is 11.7. The van der Waals surface area contributed by atoms with Gasteiger partial charge in [-0.2, -0.15) is 0 Å². The van der Waals surface area contributed by atoms with E-state index in [0.29, 0.717) is 6.42 Å². The molecule has 1 aliphatic rings. The fraction of sp³-hybridized carbons (Fsp3) is 0.382. The number of benzene rings is 3. The van der Waals surface area contributed by atoms with Crippen molar-refractivity contribution in [3.05, 3.63) is 95.6 Å². The minimum atomic E-state index is -0.635. The fourth-order valence-electron chi connectivity index (χ4n) is 5.25. The summed E-state index contributed by atoms with van der Waals surface area (Å²) in [5.74, 6) is -1.21. The van der Waals surface area contributed by atoms with Crippen LogP contribution in [0.5, 0.6) is 0 Å². The molecule has 41 heavy (non-hydrogen) atoms. The molecule has 0 bridgehead atoms. The Hall–Kier alpha value is -4.13. The van der Waals surface area contributed by atoms with Gasteiger partial charge in [-0.25, -0.2) is 4.79 Å². The lowest BCUT2D eigenvalue weighted by Gasteiger charge is -2.29. The molecule has 216 valence electrons. The lowest BCUT2D eigenvalue weighted by Crippen LogP contribution is -2.46. The lowest BCUT2D eigenvalue weighted by molar-refractivity contribution is -0.158. The van der Waals surface area contributed by atoms with Crippen molar-refractivity contribution in [1.29, 1.82) is 0 Å². The Balaban J connectivity index is 1.33. The van der Waals surface area contributed by atoms with Gasteiger partial charge in [0, 0.05) is 25.6 Å². The van der Waals surface area contributed by atoms with Gasteiger partial charge in [0.1, 0.15) is 12.2 Å². The highest BCUT2D eigenvalue weighted by molar-refractivity contribution is 5.84. The van der Waals surface area contributed by atoms with Gasteiger partial charge in [-0.1, -0.05) is 78.9 Å². The van der Waals surface area contributed by atoms with Crippen LogP contribution in [0, 0.1) is 5.92 Å². The summed E-state index contributed by atoms with van der Waals surface area (Å²) >= 11 is 0. The van der Waals surface area contributed by atoms with Gasteiger partial charge in [0.25, 0.3) is 0 Å². The molecule has 2 atom stereocenters. The topological polar surface area (TPSA) is 84.9 Å². The van der Waals surface area contributed by atoms with E-state index in [4.69, 9.17) is 9.47 Å². The van der Waals surface area contributed by atoms with Gasteiger partial charge < -0.3 is 19.7 Å². The Kier molecular flexibility index (Phi) is 9.48. The number of ether oxygens (including phenoxy) is 2. The molecule has 0 aliphatic heterocycles. The first-order chi connectivity index (χ1) is 19.5. The minimum absolute atomic E-state index is 0.0259. The molecule has 0 saturated heterocycles. The second kappa shape index (κ2) is 13.0. The molecule has 0 spiro atoms. The van der Waals surface area contributed by atoms with Crippen molar-refractivity contribution < 1.29 is 23.9 Å². The summed E-state index contributed by atoms with van der Waals surface area (Å²) < 4.78 is 11.1. The number of hydrogen-bond acceptors (Lipinski definition) is 5. The molecular weight excluding hydrogens is 516 g/mol. The molecule has 0 saturated carbocycles. The molecule has 2 amide bonds. The SMILES string of the molecule is C[C@@H](CNC(=O)OCC1c2ccccc2-c2ccccc21)N(C)C(=O)[C@@H](CC(=O)OC(C)(C)C)Cc1ccccc1. The molecule has 0 fully saturated rings. The normalized spacial score (nSPS) is 13.9. The van der Waals surface area contributed by atoms with Crippen LogP contribution in [0.15, 0.2) is 78.9 Å². The van der Waals surface area contributed by atoms with Gasteiger partial charge >= 0.3 is 12.1 Å². The molecule has 3 aromatic carbocycles. The van der Waals surface area contributed by atoms with E-state index in [1.807, 2.05) is 82.3 Å². The number of hydrogen-bond donors (Lipinski definition) is 1. The molecule has 7 nitrogen and oxygen atoms in total. The van der Waals surface area contributed by atoms with Crippen LogP contribution in [0.4, 0.5) is 4.79 Å². The van der Waals surface area contributed by atoms with Crippen molar-refractivity contribution in [2.24, 2.45) is 5.92 Å². The maximum Gasteiger partial charge on any atom is 0.407 e. The van der Waals surface area contributed by atoms with Gasteiger partial charge in [-0.15, -0.1) is 0 Å². The van der Waals surface area contributed by atoms with Crippen molar-refractivity contribution in [2.75, 3.05) is 20.2 Å². The van der Waals surface area contributed by atoms with Gasteiger partial charge in [0.15, 0.2) is 0 Å². The Morgan fingerprint density at radius 1 is 0.878 bits per heavy atom. The quantitative estimate of drug-likeness (QED) is 0.312. The Morgan fingerprint density at radius 2 is 1.44 bits per heavy atom. The number of amides is 2. The third-order valence-electron chi connectivity index (χ3n) is 7.40. The Morgan fingerprint density at radius 3 is 2.02 bits per heavy atom. The van der Waals surface area contributed by atoms with Crippen LogP contribution in [-0.2, 0) is 25.5 Å². The molecule has 0 radical (unpaired) electrons. The zero-order valence-electron chi connectivity index (χ0n) is 24.6. The van der Waals surface area contributed by atoms with E-state index in [1.54, 1.807) is 11.9 Å². The van der Waals surface area contributed by atoms with Gasteiger partial charge in [0.05, 0.1) is 12.3 Å². The maximum atomic E-state index is 13.5. The van der Waals surface area contributed by atoms with Crippen LogP contribution in [0.25, 0.3) is 11.1 Å². The maximum absolute atomic E-state index is 13.5. The van der Waals surface area contributed by atoms with E-state index in [9.17, 15) is 14.4 Å². The molecule has 3 aromatic rings. The van der Waals surface area contributed by atoms with Crippen molar-refractivity contribution in [3.8, 4) is 11.1 Å². The zero-order chi connectivity index (χ0) is 29.6. The summed E-state index contributed by atoms with van der Waals surface area (Å²) in [7, 11) is 1.69. The van der Waals surface area contributed by atoms with Crippen molar-refractivity contribution in [1.82, 2.24) is 10.2 Å². The van der Waals surface area contributed by atoms with Crippen LogP contribution in [-0.4, -0.2) is 54.7 Å². The van der Waals surface area contributed by atoms with E-state index in [0.717, 1.165) is 16.7 Å². The summed E-state index contributed by atoms with van der Waals surface area (Å²) in [5, 5.41) is 2.80. The molecule has 4 rings (SSSR count). The summed E-state index contributed by atoms with van der Waals surface area (Å²) in [6, 6.07) is 25.7. The van der Waals surface area contributed by atoms with Gasteiger partial charge in [-0.3, -0.25) is 9.59 Å². The average molecular weight is 557 g/mol. The first-order valence-corrected chi connectivity index (χ1v) is 14.1. The highest BCUT2D eigenvalue weighted by Crippen LogP contribution is 2.44. The molecule has 0 unspecified atom stereocenters. The largest absolute Gasteiger partial charge is 0.460 e. The minimum Gasteiger partial charge on any atom is -0.460 e. The van der Waals surface area contributed by atoms with E-state index in [-0.39, 0.29) is 37.4 Å². The third kappa shape index (κ3) is 7.75. The first kappa shape index (κ1) is 29.8. The van der Waals surface area contributed by atoms with Gasteiger partial charge in [0.2, 0.25) is 5.91 Å². The smallest absolute Gasteiger partial charge is 0.407 e. The number of fused-ring (bicyclic) bond motifs is 3. The highest BCUT2D eigenvalue weighted by Gasteiger charge is 2.31. The summed E-state index contributed by atoms with van der Waals surface area (Å²) in [6.45, 7) is 7.71. The molecule has 0 aromatic heterocycles. The average Bonchev–Trinajstić information content (AvgIpc) is 3.26. The van der Waals surface area contributed by atoms with Crippen molar-refractivity contribution in [2.45, 2.75) is 58.1 Å². The fourth-order valence-corrected chi connectivity index (χ4v) is 5.25. The monoisotopic (exact) mass is 556 g/mol. The number of alkyl carbamates (subject to hydrolysis) is 1. The van der Waals surface area contributed by atoms with Crippen molar-refractivity contribution in [3.63, 3.8) is 0 Å². The molecule has 0 heterocycles. The predicted molar refractivity (Wildman–Crippen MR) is 159 cm³/mol. The number of esters is 1. The molecular formula is C34H40N2O5. The van der Waals surface area contributed by atoms with Crippen LogP contribution in [0.2, 0.25) is 0 Å². The lowest BCUT2D eigenvalue weighted by atomic mass is 9.94. The van der Waals surface area contributed by atoms with Gasteiger partial charge in [-0.05, 0) is 61.9 Å². The number of nitrogens with zero attached hydrogens (tertiary/aromatic N) is 1. The molecule has 1 N–H and O–H groups in total. The highest BCUT2D eigenvalue weighted by atomic mass is 16.6. The predicted octanol–water partition coefficient (Wildman–Crippen LogP) is 5.96. The number of carbonyl (C=O) groups is 3. The number of rotatable bonds is 10.